The van der Waals surface area contributed by atoms with Gasteiger partial charge in [-0.25, -0.2) is 9.37 Å². The van der Waals surface area contributed by atoms with E-state index in [1.54, 1.807) is 28.4 Å². The van der Waals surface area contributed by atoms with Crippen molar-refractivity contribution in [2.45, 2.75) is 19.9 Å². The van der Waals surface area contributed by atoms with E-state index in [0.29, 0.717) is 29.6 Å². The van der Waals surface area contributed by atoms with Crippen molar-refractivity contribution >= 4 is 34.3 Å². The Kier molecular flexibility index (Phi) is 5.36. The summed E-state index contributed by atoms with van der Waals surface area (Å²) in [7, 11) is 0. The molecule has 0 aliphatic heterocycles. The maximum atomic E-state index is 13.3. The minimum Gasteiger partial charge on any atom is -0.440 e. The molecule has 4 aromatic rings. The Balaban J connectivity index is 1.59. The van der Waals surface area contributed by atoms with Crippen LogP contribution in [0.1, 0.15) is 16.3 Å². The summed E-state index contributed by atoms with van der Waals surface area (Å²) in [6.45, 7) is 2.24. The third-order valence-electron chi connectivity index (χ3n) is 4.28. The Bertz CT molecular complexity index is 1050. The number of hydrogen-bond donors (Lipinski definition) is 0. The highest BCUT2D eigenvalue weighted by molar-refractivity contribution is 7.13. The Morgan fingerprint density at radius 1 is 1.11 bits per heavy atom. The van der Waals surface area contributed by atoms with Crippen molar-refractivity contribution in [3.63, 3.8) is 0 Å². The number of amides is 1. The van der Waals surface area contributed by atoms with Gasteiger partial charge < -0.3 is 9.32 Å². The number of aromatic nitrogens is 1. The number of oxazole rings is 1. The van der Waals surface area contributed by atoms with Crippen LogP contribution in [0.25, 0.3) is 10.8 Å². The van der Waals surface area contributed by atoms with Crippen LogP contribution in [0, 0.1) is 12.7 Å². The molecule has 0 atom stereocenters. The topological polar surface area (TPSA) is 46.3 Å². The highest BCUT2D eigenvalue weighted by Crippen LogP contribution is 2.27. The fourth-order valence-electron chi connectivity index (χ4n) is 2.84. The maximum absolute atomic E-state index is 13.3. The highest BCUT2D eigenvalue weighted by Gasteiger charge is 2.21. The van der Waals surface area contributed by atoms with Crippen LogP contribution in [0.3, 0.4) is 0 Å². The van der Waals surface area contributed by atoms with Crippen molar-refractivity contribution in [3.05, 3.63) is 81.4 Å². The van der Waals surface area contributed by atoms with Gasteiger partial charge in [0, 0.05) is 10.6 Å². The van der Waals surface area contributed by atoms with Crippen molar-refractivity contribution in [1.29, 1.82) is 0 Å². The number of thiophene rings is 2. The average molecular weight is 413 g/mol. The van der Waals surface area contributed by atoms with Crippen LogP contribution in [-0.4, -0.2) is 10.9 Å². The number of benzene rings is 1. The van der Waals surface area contributed by atoms with Gasteiger partial charge in [0.15, 0.2) is 0 Å². The highest BCUT2D eigenvalue weighted by atomic mass is 32.1. The molecule has 0 aliphatic rings. The Labute approximate surface area is 169 Å². The monoisotopic (exact) mass is 412 g/mol. The lowest BCUT2D eigenvalue weighted by Crippen LogP contribution is -2.31. The number of halogens is 1. The van der Waals surface area contributed by atoms with Crippen molar-refractivity contribution in [2.75, 3.05) is 4.90 Å². The van der Waals surface area contributed by atoms with Gasteiger partial charge in [0.1, 0.15) is 11.6 Å². The Morgan fingerprint density at radius 2 is 1.86 bits per heavy atom. The minimum atomic E-state index is -0.333. The lowest BCUT2D eigenvalue weighted by Gasteiger charge is -2.22. The zero-order chi connectivity index (χ0) is 19.5. The summed E-state index contributed by atoms with van der Waals surface area (Å²) in [5.74, 6) is 0.711. The summed E-state index contributed by atoms with van der Waals surface area (Å²) in [5, 5.41) is 3.93. The number of hydrogen-bond acceptors (Lipinski definition) is 5. The van der Waals surface area contributed by atoms with E-state index in [0.717, 1.165) is 9.75 Å². The fourth-order valence-corrected chi connectivity index (χ4v) is 4.18. The Morgan fingerprint density at radius 3 is 2.54 bits per heavy atom. The van der Waals surface area contributed by atoms with Gasteiger partial charge >= 0.3 is 0 Å². The number of nitrogens with zero attached hydrogens (tertiary/aromatic N) is 2. The van der Waals surface area contributed by atoms with Gasteiger partial charge in [-0.3, -0.25) is 4.79 Å². The summed E-state index contributed by atoms with van der Waals surface area (Å²) in [6, 6.07) is 13.7. The predicted octanol–water partition coefficient (Wildman–Crippen LogP) is 5.69. The van der Waals surface area contributed by atoms with E-state index in [-0.39, 0.29) is 18.1 Å². The van der Waals surface area contributed by atoms with E-state index in [1.165, 1.54) is 23.5 Å². The first-order valence-electron chi connectivity index (χ1n) is 8.68. The molecule has 0 saturated heterocycles. The first-order valence-corrected chi connectivity index (χ1v) is 10.4. The Hall–Kier alpha value is -2.77. The third-order valence-corrected chi connectivity index (χ3v) is 6.00. The third kappa shape index (κ3) is 4.05. The molecule has 0 aliphatic carbocycles. The zero-order valence-corrected chi connectivity index (χ0v) is 16.7. The molecule has 4 nitrogen and oxygen atoms in total. The fraction of sp³-hybridized carbons (Fsp3) is 0.143. The number of carbonyl (C=O) groups excluding carboxylic acids is 1. The zero-order valence-electron chi connectivity index (χ0n) is 15.1. The first kappa shape index (κ1) is 18.6. The van der Waals surface area contributed by atoms with E-state index >= 15 is 0 Å². The second kappa shape index (κ2) is 8.08. The number of rotatable bonds is 6. The van der Waals surface area contributed by atoms with Crippen molar-refractivity contribution in [1.82, 2.24) is 4.98 Å². The van der Waals surface area contributed by atoms with Crippen LogP contribution < -0.4 is 4.90 Å². The smallest absolute Gasteiger partial charge is 0.236 e. The molecule has 142 valence electrons. The molecule has 0 saturated carbocycles. The normalized spacial score (nSPS) is 10.9. The SMILES string of the molecule is Cc1oc(-c2cccs2)nc1CC(=O)N(Cc1cccs1)c1ccc(F)cc1. The first-order chi connectivity index (χ1) is 13.6. The second-order valence-corrected chi connectivity index (χ2v) is 8.19. The van der Waals surface area contributed by atoms with Gasteiger partial charge in [-0.1, -0.05) is 12.1 Å². The van der Waals surface area contributed by atoms with E-state index < -0.39 is 0 Å². The molecule has 3 aromatic heterocycles. The molecule has 28 heavy (non-hydrogen) atoms. The maximum Gasteiger partial charge on any atom is 0.236 e. The molecule has 0 bridgehead atoms. The molecule has 3 heterocycles. The number of carbonyl (C=O) groups is 1. The van der Waals surface area contributed by atoms with Crippen molar-refractivity contribution in [2.24, 2.45) is 0 Å². The van der Waals surface area contributed by atoms with Gasteiger partial charge in [-0.05, 0) is 54.1 Å². The summed E-state index contributed by atoms with van der Waals surface area (Å²) in [4.78, 5) is 21.3. The molecular weight excluding hydrogens is 395 g/mol. The largest absolute Gasteiger partial charge is 0.440 e. The lowest BCUT2D eigenvalue weighted by atomic mass is 10.2. The molecule has 0 fully saturated rings. The molecule has 1 aromatic carbocycles. The number of aryl methyl sites for hydroxylation is 1. The second-order valence-electron chi connectivity index (χ2n) is 6.21. The summed E-state index contributed by atoms with van der Waals surface area (Å²) in [6.07, 6.45) is 0.115. The molecule has 7 heteroatoms. The van der Waals surface area contributed by atoms with Gasteiger partial charge in [0.2, 0.25) is 11.8 Å². The van der Waals surface area contributed by atoms with Crippen LogP contribution in [-0.2, 0) is 17.8 Å². The van der Waals surface area contributed by atoms with Crippen LogP contribution in [0.2, 0.25) is 0 Å². The van der Waals surface area contributed by atoms with E-state index in [9.17, 15) is 9.18 Å². The van der Waals surface area contributed by atoms with Crippen LogP contribution in [0.5, 0.6) is 0 Å². The van der Waals surface area contributed by atoms with E-state index in [4.69, 9.17) is 4.42 Å². The van der Waals surface area contributed by atoms with Crippen LogP contribution in [0.15, 0.2) is 63.7 Å². The summed E-state index contributed by atoms with van der Waals surface area (Å²) in [5.41, 5.74) is 1.27. The van der Waals surface area contributed by atoms with Crippen molar-refractivity contribution < 1.29 is 13.6 Å². The van der Waals surface area contributed by atoms with E-state index in [1.807, 2.05) is 41.9 Å². The molecule has 0 unspecified atom stereocenters. The van der Waals surface area contributed by atoms with Crippen molar-refractivity contribution in [3.8, 4) is 10.8 Å². The van der Waals surface area contributed by atoms with Crippen LogP contribution in [0.4, 0.5) is 10.1 Å². The minimum absolute atomic E-state index is 0.115. The standard InChI is InChI=1S/C21H17FN2O2S2/c1-14-18(23-21(26-14)19-5-3-11-28-19)12-20(25)24(13-17-4-2-10-27-17)16-8-6-15(22)7-9-16/h2-11H,12-13H2,1H3. The van der Waals surface area contributed by atoms with Gasteiger partial charge in [-0.15, -0.1) is 22.7 Å². The summed E-state index contributed by atoms with van der Waals surface area (Å²) >= 11 is 3.12. The van der Waals surface area contributed by atoms with Crippen LogP contribution >= 0.6 is 22.7 Å². The van der Waals surface area contributed by atoms with Gasteiger partial charge in [0.25, 0.3) is 0 Å². The molecular formula is C21H17FN2O2S2. The lowest BCUT2D eigenvalue weighted by molar-refractivity contribution is -0.118. The average Bonchev–Trinajstić information content (AvgIpc) is 3.43. The predicted molar refractivity (Wildman–Crippen MR) is 110 cm³/mol. The summed E-state index contributed by atoms with van der Waals surface area (Å²) < 4.78 is 19.1. The van der Waals surface area contributed by atoms with E-state index in [2.05, 4.69) is 4.98 Å². The molecule has 0 N–H and O–H groups in total. The quantitative estimate of drug-likeness (QED) is 0.409. The van der Waals surface area contributed by atoms with Gasteiger partial charge in [0.05, 0.1) is 23.5 Å². The molecule has 0 spiro atoms. The van der Waals surface area contributed by atoms with Gasteiger partial charge in [-0.2, -0.15) is 0 Å². The number of anilines is 1. The molecule has 4 rings (SSSR count). The molecule has 1 amide bonds. The molecule has 0 radical (unpaired) electrons.